The van der Waals surface area contributed by atoms with Gasteiger partial charge in [0.2, 0.25) is 0 Å². The number of alkyl halides is 1. The van der Waals surface area contributed by atoms with Crippen LogP contribution in [0.2, 0.25) is 0 Å². The number of ether oxygens (including phenoxy) is 2. The minimum absolute atomic E-state index is 0.368. The summed E-state index contributed by atoms with van der Waals surface area (Å²) in [5.74, 6) is -0.458. The molecule has 1 aliphatic carbocycles. The number of nitrogens with zero attached hydrogens (tertiary/aromatic N) is 1. The van der Waals surface area contributed by atoms with Crippen molar-refractivity contribution in [2.24, 2.45) is 5.18 Å². The summed E-state index contributed by atoms with van der Waals surface area (Å²) in [5, 5.41) is 2.76. The van der Waals surface area contributed by atoms with Gasteiger partial charge in [-0.3, -0.25) is 0 Å². The summed E-state index contributed by atoms with van der Waals surface area (Å²) < 4.78 is 11.3. The van der Waals surface area contributed by atoms with Gasteiger partial charge in [0, 0.05) is 12.8 Å². The van der Waals surface area contributed by atoms with Gasteiger partial charge in [0.25, 0.3) is 0 Å². The average Bonchev–Trinajstić information content (AvgIpc) is 2.62. The first-order valence-electron chi connectivity index (χ1n) is 5.04. The van der Waals surface area contributed by atoms with Crippen LogP contribution >= 0.6 is 11.6 Å². The molecule has 2 atom stereocenters. The Bertz CT molecular complexity index is 218. The predicted molar refractivity (Wildman–Crippen MR) is 52.1 cm³/mol. The molecule has 0 aromatic heterocycles. The normalized spacial score (nSPS) is 33.1. The first-order valence-corrected chi connectivity index (χ1v) is 5.48. The summed E-state index contributed by atoms with van der Waals surface area (Å²) in [6, 6.07) is 0. The zero-order valence-electron chi connectivity index (χ0n) is 7.95. The Morgan fingerprint density at radius 2 is 2.07 bits per heavy atom. The molecule has 0 amide bonds. The van der Waals surface area contributed by atoms with E-state index in [2.05, 4.69) is 5.18 Å². The third kappa shape index (κ3) is 1.92. The lowest BCUT2D eigenvalue weighted by atomic mass is 9.94. The Hall–Kier alpha value is -0.190. The van der Waals surface area contributed by atoms with E-state index >= 15 is 0 Å². The number of hydrogen-bond acceptors (Lipinski definition) is 4. The lowest BCUT2D eigenvalue weighted by Crippen LogP contribution is -2.34. The Balaban J connectivity index is 1.95. The minimum atomic E-state index is -0.823. The van der Waals surface area contributed by atoms with Gasteiger partial charge < -0.3 is 9.47 Å². The maximum Gasteiger partial charge on any atom is 0.193 e. The zero-order valence-corrected chi connectivity index (χ0v) is 8.70. The first kappa shape index (κ1) is 10.3. The van der Waals surface area contributed by atoms with Crippen LogP contribution < -0.4 is 0 Å². The second-order valence-corrected chi connectivity index (χ2v) is 4.36. The van der Waals surface area contributed by atoms with Crippen LogP contribution in [-0.2, 0) is 9.47 Å². The van der Waals surface area contributed by atoms with E-state index in [0.717, 1.165) is 25.7 Å². The highest BCUT2D eigenvalue weighted by Gasteiger charge is 2.44. The van der Waals surface area contributed by atoms with Crippen LogP contribution in [0.3, 0.4) is 0 Å². The van der Waals surface area contributed by atoms with Crippen molar-refractivity contribution in [3.63, 3.8) is 0 Å². The summed E-state index contributed by atoms with van der Waals surface area (Å²) in [6.07, 6.45) is 4.92. The molecule has 1 saturated heterocycles. The summed E-state index contributed by atoms with van der Waals surface area (Å²) in [7, 11) is 0. The van der Waals surface area contributed by atoms with Crippen molar-refractivity contribution in [2.75, 3.05) is 6.61 Å². The molecule has 1 unspecified atom stereocenters. The highest BCUT2D eigenvalue weighted by atomic mass is 35.5. The fraction of sp³-hybridized carbons (Fsp3) is 1.00. The van der Waals surface area contributed by atoms with E-state index in [4.69, 9.17) is 21.1 Å². The molecule has 0 aromatic rings. The van der Waals surface area contributed by atoms with Crippen molar-refractivity contribution in [1.82, 2.24) is 0 Å². The molecule has 2 fully saturated rings. The molecule has 4 nitrogen and oxygen atoms in total. The van der Waals surface area contributed by atoms with Crippen molar-refractivity contribution in [2.45, 2.75) is 49.5 Å². The van der Waals surface area contributed by atoms with Crippen LogP contribution in [0, 0.1) is 4.91 Å². The summed E-state index contributed by atoms with van der Waals surface area (Å²) in [5.41, 5.74) is -0.823. The fourth-order valence-corrected chi connectivity index (χ4v) is 2.26. The first-order chi connectivity index (χ1) is 6.76. The Labute approximate surface area is 87.9 Å². The van der Waals surface area contributed by atoms with E-state index in [1.165, 1.54) is 6.42 Å². The highest BCUT2D eigenvalue weighted by molar-refractivity contribution is 6.20. The van der Waals surface area contributed by atoms with Gasteiger partial charge in [0.1, 0.15) is 6.10 Å². The van der Waals surface area contributed by atoms with Gasteiger partial charge in [-0.25, -0.2) is 0 Å². The predicted octanol–water partition coefficient (Wildman–Crippen LogP) is 2.39. The Morgan fingerprint density at radius 1 is 1.36 bits per heavy atom. The monoisotopic (exact) mass is 219 g/mol. The van der Waals surface area contributed by atoms with Crippen molar-refractivity contribution in [3.05, 3.63) is 4.91 Å². The number of hydrogen-bond donors (Lipinski definition) is 0. The molecule has 80 valence electrons. The van der Waals surface area contributed by atoms with Crippen molar-refractivity contribution >= 4 is 11.6 Å². The highest BCUT2D eigenvalue weighted by Crippen LogP contribution is 2.39. The summed E-state index contributed by atoms with van der Waals surface area (Å²) in [4.78, 5) is 10.2. The molecule has 0 radical (unpaired) electrons. The molecule has 0 aromatic carbocycles. The van der Waals surface area contributed by atoms with Gasteiger partial charge in [0.15, 0.2) is 11.3 Å². The van der Waals surface area contributed by atoms with E-state index in [0.29, 0.717) is 6.61 Å². The van der Waals surface area contributed by atoms with Crippen LogP contribution in [0.1, 0.15) is 32.1 Å². The molecule has 1 aliphatic heterocycles. The van der Waals surface area contributed by atoms with E-state index < -0.39 is 11.3 Å². The van der Waals surface area contributed by atoms with Gasteiger partial charge in [-0.2, -0.15) is 0 Å². The molecule has 1 spiro atoms. The summed E-state index contributed by atoms with van der Waals surface area (Å²) in [6.45, 7) is 0.389. The largest absolute Gasteiger partial charge is 0.347 e. The molecular formula is C9H14ClNO3. The smallest absolute Gasteiger partial charge is 0.193 e. The SMILES string of the molecule is O=NC(Cl)[C@H]1COC2(CCCCC2)O1. The lowest BCUT2D eigenvalue weighted by molar-refractivity contribution is -0.186. The molecule has 2 aliphatic rings. The number of halogens is 1. The fourth-order valence-electron chi connectivity index (χ4n) is 2.13. The molecular weight excluding hydrogens is 206 g/mol. The van der Waals surface area contributed by atoms with E-state index in [1.54, 1.807) is 0 Å². The third-order valence-corrected chi connectivity index (χ3v) is 3.26. The van der Waals surface area contributed by atoms with E-state index in [-0.39, 0.29) is 6.10 Å². The van der Waals surface area contributed by atoms with Gasteiger partial charge >= 0.3 is 0 Å². The molecule has 14 heavy (non-hydrogen) atoms. The van der Waals surface area contributed by atoms with Crippen molar-refractivity contribution in [1.29, 1.82) is 0 Å². The van der Waals surface area contributed by atoms with Gasteiger partial charge in [0.05, 0.1) is 6.61 Å². The van der Waals surface area contributed by atoms with Crippen LogP contribution in [0.4, 0.5) is 0 Å². The number of rotatable bonds is 2. The van der Waals surface area contributed by atoms with Gasteiger partial charge in [-0.1, -0.05) is 18.0 Å². The molecule has 0 N–H and O–H groups in total. The molecule has 5 heteroatoms. The molecule has 2 rings (SSSR count). The Kier molecular flexibility index (Phi) is 3.04. The molecule has 1 saturated carbocycles. The van der Waals surface area contributed by atoms with E-state index in [9.17, 15) is 4.91 Å². The second kappa shape index (κ2) is 4.13. The standard InChI is InChI=1S/C9H14ClNO3/c10-8(11-12)7-6-13-9(14-7)4-2-1-3-5-9/h7-8H,1-6H2/t7-,8?/m1/s1. The third-order valence-electron chi connectivity index (χ3n) is 2.90. The minimum Gasteiger partial charge on any atom is -0.347 e. The molecule has 1 heterocycles. The summed E-state index contributed by atoms with van der Waals surface area (Å²) >= 11 is 5.69. The van der Waals surface area contributed by atoms with Crippen LogP contribution in [0.15, 0.2) is 5.18 Å². The second-order valence-electron chi connectivity index (χ2n) is 3.92. The van der Waals surface area contributed by atoms with Crippen LogP contribution in [0.25, 0.3) is 0 Å². The maximum absolute atomic E-state index is 10.2. The lowest BCUT2D eigenvalue weighted by Gasteiger charge is -2.31. The van der Waals surface area contributed by atoms with Crippen LogP contribution in [0.5, 0.6) is 0 Å². The van der Waals surface area contributed by atoms with Crippen LogP contribution in [-0.4, -0.2) is 24.0 Å². The molecule has 0 bridgehead atoms. The zero-order chi connectivity index (χ0) is 10.0. The van der Waals surface area contributed by atoms with Crippen molar-refractivity contribution < 1.29 is 9.47 Å². The maximum atomic E-state index is 10.2. The number of nitroso groups, excluding NO2 is 1. The van der Waals surface area contributed by atoms with Crippen molar-refractivity contribution in [3.8, 4) is 0 Å². The van der Waals surface area contributed by atoms with Gasteiger partial charge in [-0.05, 0) is 18.0 Å². The Morgan fingerprint density at radius 3 is 2.71 bits per heavy atom. The average molecular weight is 220 g/mol. The quantitative estimate of drug-likeness (QED) is 0.407. The van der Waals surface area contributed by atoms with Gasteiger partial charge in [-0.15, -0.1) is 4.91 Å². The topological polar surface area (TPSA) is 47.9 Å². The van der Waals surface area contributed by atoms with E-state index in [1.807, 2.05) is 0 Å².